The molecule has 0 atom stereocenters. The summed E-state index contributed by atoms with van der Waals surface area (Å²) in [6.07, 6.45) is 6.16. The summed E-state index contributed by atoms with van der Waals surface area (Å²) in [6, 6.07) is 5.82. The van der Waals surface area contributed by atoms with Crippen LogP contribution in [0.2, 0.25) is 5.02 Å². The Morgan fingerprint density at radius 1 is 1.39 bits per heavy atom. The van der Waals surface area contributed by atoms with Crippen molar-refractivity contribution in [1.29, 1.82) is 0 Å². The van der Waals surface area contributed by atoms with Crippen molar-refractivity contribution in [3.63, 3.8) is 0 Å². The van der Waals surface area contributed by atoms with Crippen LogP contribution in [0.4, 0.5) is 11.6 Å². The molecule has 0 bridgehead atoms. The topological polar surface area (TPSA) is 29.9 Å². The van der Waals surface area contributed by atoms with Crippen molar-refractivity contribution in [2.45, 2.75) is 33.2 Å². The maximum atomic E-state index is 5.95. The van der Waals surface area contributed by atoms with Gasteiger partial charge in [0.1, 0.15) is 0 Å². The number of hydrogen-bond acceptors (Lipinski definition) is 2. The number of hydrogen-bond donors (Lipinski definition) is 1. The van der Waals surface area contributed by atoms with Crippen LogP contribution in [0.3, 0.4) is 0 Å². The smallest absolute Gasteiger partial charge is 0.207 e. The van der Waals surface area contributed by atoms with E-state index in [1.807, 2.05) is 37.5 Å². The van der Waals surface area contributed by atoms with Gasteiger partial charge in [-0.3, -0.25) is 0 Å². The second-order valence-electron chi connectivity index (χ2n) is 4.38. The van der Waals surface area contributed by atoms with Crippen LogP contribution in [0.15, 0.2) is 30.6 Å². The monoisotopic (exact) mass is 263 g/mol. The molecule has 0 aliphatic heterocycles. The zero-order valence-electron chi connectivity index (χ0n) is 10.8. The molecule has 0 aliphatic carbocycles. The van der Waals surface area contributed by atoms with Crippen molar-refractivity contribution in [1.82, 2.24) is 9.55 Å². The summed E-state index contributed by atoms with van der Waals surface area (Å²) in [6.45, 7) is 5.21. The van der Waals surface area contributed by atoms with E-state index < -0.39 is 0 Å². The quantitative estimate of drug-likeness (QED) is 0.867. The van der Waals surface area contributed by atoms with Gasteiger partial charge in [0.2, 0.25) is 5.95 Å². The number of aromatic nitrogens is 2. The summed E-state index contributed by atoms with van der Waals surface area (Å²) >= 11 is 5.95. The first-order valence-electron chi connectivity index (χ1n) is 6.25. The Hall–Kier alpha value is -1.48. The van der Waals surface area contributed by atoms with Gasteiger partial charge < -0.3 is 9.88 Å². The molecule has 4 heteroatoms. The molecule has 0 amide bonds. The summed E-state index contributed by atoms with van der Waals surface area (Å²) in [5, 5.41) is 4.11. The van der Waals surface area contributed by atoms with Gasteiger partial charge in [-0.05, 0) is 37.1 Å². The number of unbranched alkanes of at least 4 members (excludes halogenated alkanes) is 1. The van der Waals surface area contributed by atoms with Gasteiger partial charge in [-0.25, -0.2) is 4.98 Å². The molecule has 0 radical (unpaired) electrons. The summed E-state index contributed by atoms with van der Waals surface area (Å²) in [5.41, 5.74) is 2.16. The van der Waals surface area contributed by atoms with Crippen LogP contribution in [0.1, 0.15) is 25.3 Å². The molecular weight excluding hydrogens is 246 g/mol. The highest BCUT2D eigenvalue weighted by Crippen LogP contribution is 2.22. The summed E-state index contributed by atoms with van der Waals surface area (Å²) < 4.78 is 2.14. The highest BCUT2D eigenvalue weighted by atomic mass is 35.5. The van der Waals surface area contributed by atoms with Crippen LogP contribution < -0.4 is 5.32 Å². The van der Waals surface area contributed by atoms with Crippen LogP contribution in [-0.4, -0.2) is 9.55 Å². The van der Waals surface area contributed by atoms with Crippen LogP contribution >= 0.6 is 11.6 Å². The fourth-order valence-corrected chi connectivity index (χ4v) is 2.06. The number of rotatable bonds is 5. The Morgan fingerprint density at radius 2 is 2.22 bits per heavy atom. The SMILES string of the molecule is CCCCn1ccnc1Nc1ccc(Cl)cc1C. The predicted octanol–water partition coefficient (Wildman–Crippen LogP) is 4.39. The Balaban J connectivity index is 2.15. The van der Waals surface area contributed by atoms with Crippen LogP contribution in [0, 0.1) is 6.92 Å². The first-order valence-corrected chi connectivity index (χ1v) is 6.63. The zero-order valence-corrected chi connectivity index (χ0v) is 11.5. The molecule has 0 aliphatic rings. The highest BCUT2D eigenvalue weighted by Gasteiger charge is 2.05. The van der Waals surface area contributed by atoms with Gasteiger partial charge in [-0.2, -0.15) is 0 Å². The summed E-state index contributed by atoms with van der Waals surface area (Å²) in [4.78, 5) is 4.35. The van der Waals surface area contributed by atoms with Crippen molar-refractivity contribution in [3.05, 3.63) is 41.2 Å². The van der Waals surface area contributed by atoms with Crippen molar-refractivity contribution in [2.24, 2.45) is 0 Å². The predicted molar refractivity (Wildman–Crippen MR) is 76.6 cm³/mol. The average molecular weight is 264 g/mol. The molecule has 2 rings (SSSR count). The van der Waals surface area contributed by atoms with Gasteiger partial charge in [0.25, 0.3) is 0 Å². The Bertz CT molecular complexity index is 520. The molecule has 0 saturated carbocycles. The molecule has 0 spiro atoms. The van der Waals surface area contributed by atoms with Crippen LogP contribution in [-0.2, 0) is 6.54 Å². The Kier molecular flexibility index (Phi) is 4.26. The Labute approximate surface area is 113 Å². The molecule has 96 valence electrons. The van der Waals surface area contributed by atoms with E-state index in [2.05, 4.69) is 21.8 Å². The number of halogens is 1. The maximum Gasteiger partial charge on any atom is 0.207 e. The van der Waals surface area contributed by atoms with E-state index in [1.165, 1.54) is 6.42 Å². The van der Waals surface area contributed by atoms with E-state index in [4.69, 9.17) is 11.6 Å². The fraction of sp³-hybridized carbons (Fsp3) is 0.357. The first kappa shape index (κ1) is 13.0. The van der Waals surface area contributed by atoms with Gasteiger partial charge in [-0.15, -0.1) is 0 Å². The van der Waals surface area contributed by atoms with E-state index in [0.29, 0.717) is 0 Å². The molecular formula is C14H18ClN3. The number of nitrogens with zero attached hydrogens (tertiary/aromatic N) is 2. The average Bonchev–Trinajstić information content (AvgIpc) is 2.77. The third-order valence-corrected chi connectivity index (χ3v) is 3.14. The Morgan fingerprint density at radius 3 is 2.94 bits per heavy atom. The molecule has 3 nitrogen and oxygen atoms in total. The number of benzene rings is 1. The minimum absolute atomic E-state index is 0.757. The molecule has 1 heterocycles. The van der Waals surface area contributed by atoms with E-state index >= 15 is 0 Å². The minimum Gasteiger partial charge on any atom is -0.325 e. The minimum atomic E-state index is 0.757. The van der Waals surface area contributed by atoms with Crippen LogP contribution in [0.25, 0.3) is 0 Å². The number of nitrogens with one attached hydrogen (secondary N) is 1. The standard InChI is InChI=1S/C14H18ClN3/c1-3-4-8-18-9-7-16-14(18)17-13-6-5-12(15)10-11(13)2/h5-7,9-10H,3-4,8H2,1-2H3,(H,16,17). The molecule has 0 unspecified atom stereocenters. The number of aryl methyl sites for hydroxylation is 2. The number of anilines is 2. The third-order valence-electron chi connectivity index (χ3n) is 2.90. The van der Waals surface area contributed by atoms with E-state index in [1.54, 1.807) is 0 Å². The van der Waals surface area contributed by atoms with Gasteiger partial charge in [0.15, 0.2) is 0 Å². The normalized spacial score (nSPS) is 10.6. The summed E-state index contributed by atoms with van der Waals surface area (Å²) in [5.74, 6) is 0.883. The van der Waals surface area contributed by atoms with E-state index in [0.717, 1.165) is 35.2 Å². The van der Waals surface area contributed by atoms with E-state index in [9.17, 15) is 0 Å². The molecule has 2 aromatic rings. The maximum absolute atomic E-state index is 5.95. The first-order chi connectivity index (χ1) is 8.70. The lowest BCUT2D eigenvalue weighted by atomic mass is 10.2. The molecule has 18 heavy (non-hydrogen) atoms. The van der Waals surface area contributed by atoms with Crippen LogP contribution in [0.5, 0.6) is 0 Å². The molecule has 0 saturated heterocycles. The molecule has 1 aromatic heterocycles. The molecule has 0 fully saturated rings. The lowest BCUT2D eigenvalue weighted by Gasteiger charge is -2.11. The van der Waals surface area contributed by atoms with Crippen molar-refractivity contribution in [3.8, 4) is 0 Å². The second kappa shape index (κ2) is 5.91. The fourth-order valence-electron chi connectivity index (χ4n) is 1.83. The number of imidazole rings is 1. The van der Waals surface area contributed by atoms with Crippen molar-refractivity contribution in [2.75, 3.05) is 5.32 Å². The third kappa shape index (κ3) is 3.05. The van der Waals surface area contributed by atoms with Gasteiger partial charge >= 0.3 is 0 Å². The van der Waals surface area contributed by atoms with Gasteiger partial charge in [0.05, 0.1) is 0 Å². The van der Waals surface area contributed by atoms with Crippen molar-refractivity contribution < 1.29 is 0 Å². The van der Waals surface area contributed by atoms with E-state index in [-0.39, 0.29) is 0 Å². The lowest BCUT2D eigenvalue weighted by Crippen LogP contribution is -2.04. The molecule has 1 N–H and O–H groups in total. The zero-order chi connectivity index (χ0) is 13.0. The van der Waals surface area contributed by atoms with Crippen molar-refractivity contribution >= 4 is 23.2 Å². The van der Waals surface area contributed by atoms with Gasteiger partial charge in [-0.1, -0.05) is 24.9 Å². The second-order valence-corrected chi connectivity index (χ2v) is 4.82. The van der Waals surface area contributed by atoms with Gasteiger partial charge in [0, 0.05) is 29.6 Å². The lowest BCUT2D eigenvalue weighted by molar-refractivity contribution is 0.638. The molecule has 1 aromatic carbocycles. The summed E-state index contributed by atoms with van der Waals surface area (Å²) in [7, 11) is 0. The largest absolute Gasteiger partial charge is 0.325 e. The highest BCUT2D eigenvalue weighted by molar-refractivity contribution is 6.30.